The zero-order chi connectivity index (χ0) is 19.8. The van der Waals surface area contributed by atoms with E-state index in [1.165, 1.54) is 14.2 Å². The molecule has 2 rings (SSSR count). The molecule has 0 atom stereocenters. The number of carbonyl (C=O) groups is 1. The van der Waals surface area contributed by atoms with Crippen LogP contribution in [0, 0.1) is 22.7 Å². The van der Waals surface area contributed by atoms with E-state index in [1.807, 2.05) is 6.07 Å². The maximum Gasteiger partial charge on any atom is 0.343 e. The van der Waals surface area contributed by atoms with Crippen molar-refractivity contribution in [2.75, 3.05) is 20.8 Å². The second-order valence-corrected chi connectivity index (χ2v) is 5.67. The van der Waals surface area contributed by atoms with Crippen molar-refractivity contribution in [2.45, 2.75) is 0 Å². The van der Waals surface area contributed by atoms with Crippen LogP contribution in [0.1, 0.15) is 16.7 Å². The number of hydrogen-bond acceptors (Lipinski definition) is 6. The first-order valence-corrected chi connectivity index (χ1v) is 8.09. The average Bonchev–Trinajstić information content (AvgIpc) is 2.70. The summed E-state index contributed by atoms with van der Waals surface area (Å²) in [7, 11) is 2.69. The standard InChI is InChI=1S/C20H15ClN2O4/c1-25-18-9-14(8-17(21)20(18)27-12-19(24)26-2)7-16(11-23)15-5-3-4-13(6-15)10-22/h3-9H,12H2,1-2H3. The summed E-state index contributed by atoms with van der Waals surface area (Å²) in [6.45, 7) is -0.313. The van der Waals surface area contributed by atoms with Gasteiger partial charge < -0.3 is 14.2 Å². The van der Waals surface area contributed by atoms with E-state index in [1.54, 1.807) is 42.5 Å². The third kappa shape index (κ3) is 5.01. The molecule has 0 aliphatic carbocycles. The Morgan fingerprint density at radius 1 is 1.22 bits per heavy atom. The molecular weight excluding hydrogens is 368 g/mol. The topological polar surface area (TPSA) is 92.3 Å². The maximum atomic E-state index is 11.3. The van der Waals surface area contributed by atoms with Crippen molar-refractivity contribution in [1.82, 2.24) is 0 Å². The Morgan fingerprint density at radius 2 is 2.00 bits per heavy atom. The molecule has 0 fully saturated rings. The van der Waals surface area contributed by atoms with Gasteiger partial charge in [-0.3, -0.25) is 0 Å². The minimum absolute atomic E-state index is 0.201. The minimum Gasteiger partial charge on any atom is -0.493 e. The quantitative estimate of drug-likeness (QED) is 0.428. The van der Waals surface area contributed by atoms with E-state index in [4.69, 9.17) is 26.3 Å². The van der Waals surface area contributed by atoms with Gasteiger partial charge in [0.15, 0.2) is 18.1 Å². The van der Waals surface area contributed by atoms with Gasteiger partial charge in [-0.2, -0.15) is 10.5 Å². The summed E-state index contributed by atoms with van der Waals surface area (Å²) in [5, 5.41) is 18.7. The molecule has 136 valence electrons. The molecule has 0 saturated carbocycles. The van der Waals surface area contributed by atoms with Crippen LogP contribution >= 0.6 is 11.6 Å². The Balaban J connectivity index is 2.41. The van der Waals surface area contributed by atoms with Gasteiger partial charge in [-0.25, -0.2) is 4.79 Å². The minimum atomic E-state index is -0.554. The lowest BCUT2D eigenvalue weighted by atomic mass is 10.0. The van der Waals surface area contributed by atoms with Gasteiger partial charge in [-0.15, -0.1) is 0 Å². The molecule has 0 N–H and O–H groups in total. The molecule has 0 aliphatic rings. The molecule has 0 bridgehead atoms. The van der Waals surface area contributed by atoms with Crippen LogP contribution in [-0.2, 0) is 9.53 Å². The fourth-order valence-electron chi connectivity index (χ4n) is 2.26. The average molecular weight is 383 g/mol. The van der Waals surface area contributed by atoms with E-state index in [0.29, 0.717) is 28.0 Å². The first-order chi connectivity index (χ1) is 13.0. The number of halogens is 1. The number of ether oxygens (including phenoxy) is 3. The molecule has 6 nitrogen and oxygen atoms in total. The molecule has 0 spiro atoms. The second-order valence-electron chi connectivity index (χ2n) is 5.26. The number of nitrogens with zero attached hydrogens (tertiary/aromatic N) is 2. The molecule has 0 saturated heterocycles. The molecule has 7 heteroatoms. The fraction of sp³-hybridized carbons (Fsp3) is 0.150. The summed E-state index contributed by atoms with van der Waals surface area (Å²) in [6, 6.07) is 14.1. The van der Waals surface area contributed by atoms with Gasteiger partial charge >= 0.3 is 5.97 Å². The van der Waals surface area contributed by atoms with Crippen LogP contribution in [0.3, 0.4) is 0 Å². The zero-order valence-corrected chi connectivity index (χ0v) is 15.4. The normalized spacial score (nSPS) is 10.5. The molecule has 0 radical (unpaired) electrons. The smallest absolute Gasteiger partial charge is 0.343 e. The van der Waals surface area contributed by atoms with Gasteiger partial charge in [0.1, 0.15) is 0 Å². The number of allylic oxidation sites excluding steroid dienone is 1. The highest BCUT2D eigenvalue weighted by Gasteiger charge is 2.14. The Bertz CT molecular complexity index is 971. The Morgan fingerprint density at radius 3 is 2.63 bits per heavy atom. The molecule has 0 aliphatic heterocycles. The molecule has 0 unspecified atom stereocenters. The number of rotatable bonds is 6. The lowest BCUT2D eigenvalue weighted by Crippen LogP contribution is -2.13. The van der Waals surface area contributed by atoms with Crippen LogP contribution in [0.4, 0.5) is 0 Å². The van der Waals surface area contributed by atoms with E-state index in [9.17, 15) is 10.1 Å². The highest BCUT2D eigenvalue weighted by atomic mass is 35.5. The van der Waals surface area contributed by atoms with Crippen molar-refractivity contribution in [3.8, 4) is 23.6 Å². The number of esters is 1. The van der Waals surface area contributed by atoms with Gasteiger partial charge in [0.05, 0.1) is 42.5 Å². The molecule has 0 heterocycles. The second kappa shape index (κ2) is 9.28. The summed E-state index contributed by atoms with van der Waals surface area (Å²) in [6.07, 6.45) is 1.62. The lowest BCUT2D eigenvalue weighted by molar-refractivity contribution is -0.142. The fourth-order valence-corrected chi connectivity index (χ4v) is 2.53. The van der Waals surface area contributed by atoms with E-state index < -0.39 is 5.97 Å². The van der Waals surface area contributed by atoms with Crippen LogP contribution < -0.4 is 9.47 Å². The Hall–Kier alpha value is -3.48. The van der Waals surface area contributed by atoms with E-state index in [-0.39, 0.29) is 17.4 Å². The summed E-state index contributed by atoms with van der Waals surface area (Å²) in [5.41, 5.74) is 2.02. The largest absolute Gasteiger partial charge is 0.493 e. The predicted molar refractivity (Wildman–Crippen MR) is 100 cm³/mol. The monoisotopic (exact) mass is 382 g/mol. The molecular formula is C20H15ClN2O4. The number of carbonyl (C=O) groups excluding carboxylic acids is 1. The van der Waals surface area contributed by atoms with Crippen LogP contribution in [0.2, 0.25) is 5.02 Å². The van der Waals surface area contributed by atoms with Crippen molar-refractivity contribution < 1.29 is 19.0 Å². The molecule has 27 heavy (non-hydrogen) atoms. The van der Waals surface area contributed by atoms with Gasteiger partial charge in [-0.05, 0) is 41.5 Å². The van der Waals surface area contributed by atoms with Crippen molar-refractivity contribution in [3.05, 3.63) is 58.1 Å². The maximum absolute atomic E-state index is 11.3. The van der Waals surface area contributed by atoms with Crippen molar-refractivity contribution in [3.63, 3.8) is 0 Å². The van der Waals surface area contributed by atoms with Gasteiger partial charge in [-0.1, -0.05) is 23.7 Å². The van der Waals surface area contributed by atoms with Gasteiger partial charge in [0, 0.05) is 0 Å². The van der Waals surface area contributed by atoms with Crippen molar-refractivity contribution in [1.29, 1.82) is 10.5 Å². The number of nitriles is 2. The Labute approximate surface area is 161 Å². The molecule has 0 aromatic heterocycles. The SMILES string of the molecule is COC(=O)COc1c(Cl)cc(C=C(C#N)c2cccc(C#N)c2)cc1OC. The third-order valence-corrected chi connectivity index (χ3v) is 3.83. The molecule has 0 amide bonds. The van der Waals surface area contributed by atoms with E-state index in [0.717, 1.165) is 0 Å². The molecule has 2 aromatic rings. The number of methoxy groups -OCH3 is 2. The third-order valence-electron chi connectivity index (χ3n) is 3.55. The van der Waals surface area contributed by atoms with Crippen LogP contribution in [0.25, 0.3) is 11.6 Å². The van der Waals surface area contributed by atoms with E-state index in [2.05, 4.69) is 10.8 Å². The number of benzene rings is 2. The van der Waals surface area contributed by atoms with Crippen molar-refractivity contribution in [2.24, 2.45) is 0 Å². The van der Waals surface area contributed by atoms with E-state index >= 15 is 0 Å². The lowest BCUT2D eigenvalue weighted by Gasteiger charge is -2.12. The Kier molecular flexibility index (Phi) is 6.82. The highest BCUT2D eigenvalue weighted by molar-refractivity contribution is 6.32. The predicted octanol–water partition coefficient (Wildman–Crippen LogP) is 3.84. The molecule has 2 aromatic carbocycles. The highest BCUT2D eigenvalue weighted by Crippen LogP contribution is 2.37. The first-order valence-electron chi connectivity index (χ1n) is 7.71. The summed E-state index contributed by atoms with van der Waals surface area (Å²) < 4.78 is 15.2. The van der Waals surface area contributed by atoms with Gasteiger partial charge in [0.2, 0.25) is 0 Å². The van der Waals surface area contributed by atoms with Crippen LogP contribution in [0.15, 0.2) is 36.4 Å². The number of hydrogen-bond donors (Lipinski definition) is 0. The summed E-state index contributed by atoms with van der Waals surface area (Å²) >= 11 is 6.25. The summed E-state index contributed by atoms with van der Waals surface area (Å²) in [5.74, 6) is -0.0475. The van der Waals surface area contributed by atoms with Crippen LogP contribution in [-0.4, -0.2) is 26.8 Å². The van der Waals surface area contributed by atoms with Gasteiger partial charge in [0.25, 0.3) is 0 Å². The van der Waals surface area contributed by atoms with Crippen molar-refractivity contribution >= 4 is 29.2 Å². The van der Waals surface area contributed by atoms with Crippen LogP contribution in [0.5, 0.6) is 11.5 Å². The summed E-state index contributed by atoms with van der Waals surface area (Å²) in [4.78, 5) is 11.3. The first kappa shape index (κ1) is 19.8. The zero-order valence-electron chi connectivity index (χ0n) is 14.7.